The summed E-state index contributed by atoms with van der Waals surface area (Å²) in [6.07, 6.45) is 0.572. The molecule has 0 bridgehead atoms. The Kier molecular flexibility index (Phi) is 7.39. The Hall–Kier alpha value is -0.690. The van der Waals surface area contributed by atoms with Crippen molar-refractivity contribution in [3.8, 4) is 0 Å². The van der Waals surface area contributed by atoms with Crippen LogP contribution in [0.15, 0.2) is 24.3 Å². The van der Waals surface area contributed by atoms with Crippen molar-refractivity contribution in [1.29, 1.82) is 0 Å². The highest BCUT2D eigenvalue weighted by Gasteiger charge is 2.11. The predicted octanol–water partition coefficient (Wildman–Crippen LogP) is 1.40. The lowest BCUT2D eigenvalue weighted by Crippen LogP contribution is -2.29. The minimum Gasteiger partial charge on any atom is -0.328 e. The van der Waals surface area contributed by atoms with Crippen LogP contribution in [0.1, 0.15) is 18.9 Å². The number of nitrogens with two attached hydrogens (primary N) is 1. The second-order valence-corrected chi connectivity index (χ2v) is 5.86. The van der Waals surface area contributed by atoms with Crippen molar-refractivity contribution in [2.24, 2.45) is 5.73 Å². The van der Waals surface area contributed by atoms with Gasteiger partial charge in [-0.15, -0.1) is 12.4 Å². The fourth-order valence-corrected chi connectivity index (χ4v) is 2.49. The Morgan fingerprint density at radius 3 is 2.67 bits per heavy atom. The molecule has 0 saturated carbocycles. The summed E-state index contributed by atoms with van der Waals surface area (Å²) < 4.78 is 38.5. The van der Waals surface area contributed by atoms with E-state index in [1.165, 1.54) is 18.2 Å². The van der Waals surface area contributed by atoms with Gasteiger partial charge in [-0.25, -0.2) is 17.5 Å². The molecule has 0 radical (unpaired) electrons. The molecule has 0 amide bonds. The second-order valence-electron chi connectivity index (χ2n) is 4.05. The van der Waals surface area contributed by atoms with Crippen molar-refractivity contribution in [3.63, 3.8) is 0 Å². The van der Waals surface area contributed by atoms with Gasteiger partial charge in [0.2, 0.25) is 10.0 Å². The van der Waals surface area contributed by atoms with E-state index < -0.39 is 15.8 Å². The standard InChI is InChI=1S/C11H17FN2O2S.ClH/c1-9(13)5-6-14-17(15,16)8-10-3-2-4-11(12)7-10;/h2-4,7,9,14H,5-6,8,13H2,1H3;1H. The van der Waals surface area contributed by atoms with Crippen LogP contribution in [0.2, 0.25) is 0 Å². The molecule has 0 aromatic heterocycles. The van der Waals surface area contributed by atoms with Crippen molar-refractivity contribution in [2.75, 3.05) is 6.54 Å². The third-order valence-electron chi connectivity index (χ3n) is 2.17. The lowest BCUT2D eigenvalue weighted by molar-refractivity contribution is 0.570. The highest BCUT2D eigenvalue weighted by molar-refractivity contribution is 7.88. The summed E-state index contributed by atoms with van der Waals surface area (Å²) in [5, 5.41) is 0. The van der Waals surface area contributed by atoms with Crippen LogP contribution in [-0.4, -0.2) is 21.0 Å². The van der Waals surface area contributed by atoms with Crippen molar-refractivity contribution >= 4 is 22.4 Å². The number of benzene rings is 1. The quantitative estimate of drug-likeness (QED) is 0.833. The zero-order chi connectivity index (χ0) is 12.9. The Balaban J connectivity index is 0.00000289. The fourth-order valence-electron chi connectivity index (χ4n) is 1.34. The molecule has 0 fully saturated rings. The highest BCUT2D eigenvalue weighted by Crippen LogP contribution is 2.07. The minimum atomic E-state index is -3.42. The Morgan fingerprint density at radius 1 is 1.44 bits per heavy atom. The molecule has 4 nitrogen and oxygen atoms in total. The van der Waals surface area contributed by atoms with Crippen molar-refractivity contribution in [2.45, 2.75) is 25.1 Å². The summed E-state index contributed by atoms with van der Waals surface area (Å²) in [5.74, 6) is -0.655. The Morgan fingerprint density at radius 2 is 2.11 bits per heavy atom. The van der Waals surface area contributed by atoms with Gasteiger partial charge >= 0.3 is 0 Å². The summed E-state index contributed by atoms with van der Waals surface area (Å²) in [6.45, 7) is 2.11. The molecule has 1 aromatic rings. The number of rotatable bonds is 6. The first-order valence-corrected chi connectivity index (χ1v) is 7.01. The van der Waals surface area contributed by atoms with Crippen LogP contribution in [0.4, 0.5) is 4.39 Å². The van der Waals surface area contributed by atoms with E-state index in [2.05, 4.69) is 4.72 Å². The first-order valence-electron chi connectivity index (χ1n) is 5.36. The van der Waals surface area contributed by atoms with Gasteiger partial charge in [-0.3, -0.25) is 0 Å². The molecule has 7 heteroatoms. The summed E-state index contributed by atoms with van der Waals surface area (Å²) in [5.41, 5.74) is 5.94. The molecule has 1 unspecified atom stereocenters. The minimum absolute atomic E-state index is 0. The zero-order valence-electron chi connectivity index (χ0n) is 10.1. The molecule has 1 atom stereocenters. The Bertz CT molecular complexity index is 466. The van der Waals surface area contributed by atoms with Crippen LogP contribution in [0.25, 0.3) is 0 Å². The Labute approximate surface area is 113 Å². The monoisotopic (exact) mass is 296 g/mol. The third kappa shape index (κ3) is 6.90. The highest BCUT2D eigenvalue weighted by atomic mass is 35.5. The second kappa shape index (κ2) is 7.68. The van der Waals surface area contributed by atoms with E-state index in [1.807, 2.05) is 0 Å². The van der Waals surface area contributed by atoms with Crippen LogP contribution < -0.4 is 10.5 Å². The SMILES string of the molecule is CC(N)CCNS(=O)(=O)Cc1cccc(F)c1.Cl. The van der Waals surface area contributed by atoms with E-state index in [0.29, 0.717) is 18.5 Å². The molecule has 1 aromatic carbocycles. The number of hydrogen-bond acceptors (Lipinski definition) is 3. The van der Waals surface area contributed by atoms with E-state index in [-0.39, 0.29) is 24.2 Å². The van der Waals surface area contributed by atoms with Crippen LogP contribution >= 0.6 is 12.4 Å². The third-order valence-corrected chi connectivity index (χ3v) is 3.52. The molecule has 0 aliphatic heterocycles. The predicted molar refractivity (Wildman–Crippen MR) is 72.5 cm³/mol. The topological polar surface area (TPSA) is 72.2 Å². The number of hydrogen-bond donors (Lipinski definition) is 2. The van der Waals surface area contributed by atoms with Crippen molar-refractivity contribution in [1.82, 2.24) is 4.72 Å². The van der Waals surface area contributed by atoms with Crippen molar-refractivity contribution < 1.29 is 12.8 Å². The average molecular weight is 297 g/mol. The van der Waals surface area contributed by atoms with E-state index in [9.17, 15) is 12.8 Å². The molecular formula is C11H18ClFN2O2S. The van der Waals surface area contributed by atoms with E-state index in [1.54, 1.807) is 13.0 Å². The molecule has 18 heavy (non-hydrogen) atoms. The number of halogens is 2. The maximum absolute atomic E-state index is 12.9. The first-order chi connectivity index (χ1) is 7.89. The van der Waals surface area contributed by atoms with Crippen LogP contribution in [0, 0.1) is 5.82 Å². The fraction of sp³-hybridized carbons (Fsp3) is 0.455. The van der Waals surface area contributed by atoms with E-state index in [4.69, 9.17) is 5.73 Å². The molecule has 0 aliphatic rings. The van der Waals surface area contributed by atoms with Gasteiger partial charge < -0.3 is 5.73 Å². The maximum atomic E-state index is 12.9. The molecule has 104 valence electrons. The zero-order valence-corrected chi connectivity index (χ0v) is 11.7. The van der Waals surface area contributed by atoms with Crippen LogP contribution in [-0.2, 0) is 15.8 Å². The van der Waals surface area contributed by atoms with E-state index >= 15 is 0 Å². The van der Waals surface area contributed by atoms with Gasteiger partial charge in [0.15, 0.2) is 0 Å². The molecule has 1 rings (SSSR count). The summed E-state index contributed by atoms with van der Waals surface area (Å²) in [6, 6.07) is 5.51. The smallest absolute Gasteiger partial charge is 0.215 e. The van der Waals surface area contributed by atoms with Gasteiger partial charge in [-0.1, -0.05) is 12.1 Å². The van der Waals surface area contributed by atoms with Crippen LogP contribution in [0.3, 0.4) is 0 Å². The van der Waals surface area contributed by atoms with Gasteiger partial charge in [-0.2, -0.15) is 0 Å². The summed E-state index contributed by atoms with van der Waals surface area (Å²) >= 11 is 0. The number of nitrogens with one attached hydrogen (secondary N) is 1. The molecular weight excluding hydrogens is 279 g/mol. The molecule has 0 spiro atoms. The molecule has 3 N–H and O–H groups in total. The first kappa shape index (κ1) is 17.3. The maximum Gasteiger partial charge on any atom is 0.215 e. The summed E-state index contributed by atoms with van der Waals surface area (Å²) in [7, 11) is -3.42. The normalized spacial score (nSPS) is 12.8. The van der Waals surface area contributed by atoms with E-state index in [0.717, 1.165) is 0 Å². The number of sulfonamides is 1. The molecule has 0 heterocycles. The molecule has 0 aliphatic carbocycles. The lowest BCUT2D eigenvalue weighted by atomic mass is 10.2. The summed E-state index contributed by atoms with van der Waals surface area (Å²) in [4.78, 5) is 0. The largest absolute Gasteiger partial charge is 0.328 e. The lowest BCUT2D eigenvalue weighted by Gasteiger charge is -2.08. The van der Waals surface area contributed by atoms with Crippen molar-refractivity contribution in [3.05, 3.63) is 35.6 Å². The van der Waals surface area contributed by atoms with Gasteiger partial charge in [-0.05, 0) is 31.0 Å². The van der Waals surface area contributed by atoms with Gasteiger partial charge in [0, 0.05) is 12.6 Å². The molecule has 0 saturated heterocycles. The van der Waals surface area contributed by atoms with Gasteiger partial charge in [0.1, 0.15) is 5.82 Å². The van der Waals surface area contributed by atoms with Gasteiger partial charge in [0.05, 0.1) is 5.75 Å². The average Bonchev–Trinajstić information content (AvgIpc) is 2.15. The van der Waals surface area contributed by atoms with Crippen LogP contribution in [0.5, 0.6) is 0 Å². The van der Waals surface area contributed by atoms with Gasteiger partial charge in [0.25, 0.3) is 0 Å².